The average Bonchev–Trinajstić information content (AvgIpc) is 2.47. The molecule has 0 saturated carbocycles. The van der Waals surface area contributed by atoms with E-state index >= 15 is 0 Å². The first-order valence-electron chi connectivity index (χ1n) is 4.57. The van der Waals surface area contributed by atoms with Crippen molar-refractivity contribution in [1.82, 2.24) is 4.72 Å². The minimum atomic E-state index is -4.22. The van der Waals surface area contributed by atoms with E-state index < -0.39 is 36.5 Å². The zero-order valence-electron chi connectivity index (χ0n) is 9.04. The Balaban J connectivity index is 2.92. The van der Waals surface area contributed by atoms with Crippen molar-refractivity contribution in [3.8, 4) is 0 Å². The molecule has 0 spiro atoms. The van der Waals surface area contributed by atoms with Crippen LogP contribution in [0.15, 0.2) is 0 Å². The first kappa shape index (κ1) is 14.4. The number of sulfonamides is 1. The summed E-state index contributed by atoms with van der Waals surface area (Å²) in [6, 6.07) is 0. The molecular formula is C7H13NO7S2. The largest absolute Gasteiger partial charge is 0.480 e. The molecule has 1 heterocycles. The number of carboxylic acid groups (broad SMARTS) is 1. The van der Waals surface area contributed by atoms with E-state index in [1.165, 1.54) is 0 Å². The minimum Gasteiger partial charge on any atom is -0.480 e. The van der Waals surface area contributed by atoms with Crippen molar-refractivity contribution in [2.75, 3.05) is 24.6 Å². The van der Waals surface area contributed by atoms with E-state index in [1.807, 2.05) is 4.72 Å². The number of ether oxygens (including phenoxy) is 1. The first-order chi connectivity index (χ1) is 7.56. The van der Waals surface area contributed by atoms with Gasteiger partial charge < -0.3 is 9.84 Å². The highest BCUT2D eigenvalue weighted by molar-refractivity contribution is 8.06. The van der Waals surface area contributed by atoms with Crippen LogP contribution in [-0.4, -0.2) is 58.0 Å². The fourth-order valence-corrected chi connectivity index (χ4v) is 4.80. The van der Waals surface area contributed by atoms with Gasteiger partial charge in [-0.05, 0) is 0 Å². The van der Waals surface area contributed by atoms with Crippen LogP contribution in [0.2, 0.25) is 0 Å². The molecule has 0 bridgehead atoms. The molecule has 0 aromatic heterocycles. The molecule has 10 heteroatoms. The summed E-state index contributed by atoms with van der Waals surface area (Å²) in [6.07, 6.45) is 0.718. The van der Waals surface area contributed by atoms with Gasteiger partial charge in [0, 0.05) is 19.3 Å². The Kier molecular flexibility index (Phi) is 3.81. The van der Waals surface area contributed by atoms with Crippen LogP contribution in [0.4, 0.5) is 0 Å². The Hall–Kier alpha value is -0.710. The second-order valence-corrected chi connectivity index (χ2v) is 8.18. The fourth-order valence-electron chi connectivity index (χ4n) is 1.47. The highest BCUT2D eigenvalue weighted by atomic mass is 32.3. The Labute approximate surface area is 98.9 Å². The monoisotopic (exact) mass is 287 g/mol. The second kappa shape index (κ2) is 4.52. The van der Waals surface area contributed by atoms with Gasteiger partial charge in [-0.15, -0.1) is 0 Å². The maximum absolute atomic E-state index is 11.5. The lowest BCUT2D eigenvalue weighted by Crippen LogP contribution is -2.55. The number of nitrogens with one attached hydrogen (secondary N) is 1. The van der Waals surface area contributed by atoms with Crippen LogP contribution in [-0.2, 0) is 29.4 Å². The maximum atomic E-state index is 11.5. The number of aliphatic carboxylic acids is 1. The predicted octanol–water partition coefficient (Wildman–Crippen LogP) is -1.85. The Bertz CT molecular complexity index is 500. The molecular weight excluding hydrogens is 274 g/mol. The molecule has 1 aliphatic rings. The molecule has 0 radical (unpaired) electrons. The van der Waals surface area contributed by atoms with Crippen LogP contribution in [0.5, 0.6) is 0 Å². The number of carboxylic acids is 1. The van der Waals surface area contributed by atoms with Crippen LogP contribution < -0.4 is 4.72 Å². The van der Waals surface area contributed by atoms with Gasteiger partial charge in [-0.1, -0.05) is 0 Å². The van der Waals surface area contributed by atoms with E-state index in [0.29, 0.717) is 0 Å². The third kappa shape index (κ3) is 3.91. The van der Waals surface area contributed by atoms with Crippen LogP contribution in [0.25, 0.3) is 0 Å². The molecule has 2 N–H and O–H groups in total. The first-order valence-corrected chi connectivity index (χ1v) is 8.28. The van der Waals surface area contributed by atoms with Gasteiger partial charge in [0.2, 0.25) is 10.0 Å². The molecule has 1 atom stereocenters. The number of rotatable bonds is 5. The Morgan fingerprint density at radius 2 is 2.00 bits per heavy atom. The lowest BCUT2D eigenvalue weighted by Gasteiger charge is -2.22. The average molecular weight is 287 g/mol. The van der Waals surface area contributed by atoms with Gasteiger partial charge in [-0.2, -0.15) is 4.72 Å². The number of carbonyl (C=O) groups is 1. The summed E-state index contributed by atoms with van der Waals surface area (Å²) in [5, 5.41) is 7.83. The lowest BCUT2D eigenvalue weighted by atomic mass is 10.0. The highest BCUT2D eigenvalue weighted by Crippen LogP contribution is 2.20. The topological polar surface area (TPSA) is 127 Å². The van der Waals surface area contributed by atoms with Gasteiger partial charge in [0.05, 0.1) is 6.61 Å². The fraction of sp³-hybridized carbons (Fsp3) is 0.857. The molecule has 0 amide bonds. The smallest absolute Gasteiger partial charge is 0.327 e. The predicted molar refractivity (Wildman–Crippen MR) is 57.6 cm³/mol. The van der Waals surface area contributed by atoms with Gasteiger partial charge in [0.15, 0.2) is 20.5 Å². The molecule has 0 aliphatic carbocycles. The van der Waals surface area contributed by atoms with Crippen molar-refractivity contribution in [1.29, 1.82) is 0 Å². The van der Waals surface area contributed by atoms with Crippen molar-refractivity contribution in [2.24, 2.45) is 0 Å². The van der Waals surface area contributed by atoms with Crippen molar-refractivity contribution >= 4 is 25.8 Å². The SMILES string of the molecule is CS(=O)(=O)CS(=O)(=O)NC1(C(=O)O)CCOC1. The van der Waals surface area contributed by atoms with E-state index in [2.05, 4.69) is 0 Å². The van der Waals surface area contributed by atoms with E-state index in [0.717, 1.165) is 6.26 Å². The summed E-state index contributed by atoms with van der Waals surface area (Å²) >= 11 is 0. The summed E-state index contributed by atoms with van der Waals surface area (Å²) in [4.78, 5) is 11.0. The minimum absolute atomic E-state index is 0.0364. The van der Waals surface area contributed by atoms with Crippen LogP contribution in [0.1, 0.15) is 6.42 Å². The molecule has 17 heavy (non-hydrogen) atoms. The van der Waals surface area contributed by atoms with Crippen LogP contribution in [0.3, 0.4) is 0 Å². The maximum Gasteiger partial charge on any atom is 0.327 e. The van der Waals surface area contributed by atoms with Crippen molar-refractivity contribution < 1.29 is 31.5 Å². The molecule has 1 saturated heterocycles. The highest BCUT2D eigenvalue weighted by Gasteiger charge is 2.46. The molecule has 1 aliphatic heterocycles. The summed E-state index contributed by atoms with van der Waals surface area (Å²) in [6.45, 7) is -0.209. The zero-order chi connectivity index (χ0) is 13.3. The van der Waals surface area contributed by atoms with Crippen molar-refractivity contribution in [3.63, 3.8) is 0 Å². The summed E-state index contributed by atoms with van der Waals surface area (Å²) in [5.41, 5.74) is -1.76. The lowest BCUT2D eigenvalue weighted by molar-refractivity contribution is -0.144. The molecule has 8 nitrogen and oxygen atoms in total. The summed E-state index contributed by atoms with van der Waals surface area (Å²) in [7, 11) is -7.99. The summed E-state index contributed by atoms with van der Waals surface area (Å²) in [5.74, 6) is -1.38. The molecule has 0 aromatic rings. The number of hydrogen-bond donors (Lipinski definition) is 2. The van der Waals surface area contributed by atoms with Gasteiger partial charge in [0.1, 0.15) is 0 Å². The van der Waals surface area contributed by atoms with E-state index in [1.54, 1.807) is 0 Å². The normalized spacial score (nSPS) is 25.9. The van der Waals surface area contributed by atoms with E-state index in [9.17, 15) is 21.6 Å². The van der Waals surface area contributed by atoms with Gasteiger partial charge >= 0.3 is 5.97 Å². The van der Waals surface area contributed by atoms with Crippen molar-refractivity contribution in [2.45, 2.75) is 12.0 Å². The molecule has 1 rings (SSSR count). The number of sulfone groups is 1. The Morgan fingerprint density at radius 3 is 2.35 bits per heavy atom. The molecule has 1 fully saturated rings. The van der Waals surface area contributed by atoms with Crippen LogP contribution in [0, 0.1) is 0 Å². The standard InChI is InChI=1S/C7H13NO7S2/c1-16(11,12)5-17(13,14)8-7(6(9)10)2-3-15-4-7/h8H,2-5H2,1H3,(H,9,10). The molecule has 100 valence electrons. The third-order valence-corrected chi connectivity index (χ3v) is 5.81. The van der Waals surface area contributed by atoms with E-state index in [4.69, 9.17) is 9.84 Å². The van der Waals surface area contributed by atoms with Gasteiger partial charge in [-0.3, -0.25) is 4.79 Å². The molecule has 1 unspecified atom stereocenters. The summed E-state index contributed by atoms with van der Waals surface area (Å²) < 4.78 is 51.5. The second-order valence-electron chi connectivity index (χ2n) is 3.95. The van der Waals surface area contributed by atoms with Gasteiger partial charge in [0.25, 0.3) is 0 Å². The zero-order valence-corrected chi connectivity index (χ0v) is 10.7. The van der Waals surface area contributed by atoms with E-state index in [-0.39, 0.29) is 19.6 Å². The quantitative estimate of drug-likeness (QED) is 0.607. The third-order valence-electron chi connectivity index (χ3n) is 2.15. The van der Waals surface area contributed by atoms with Crippen molar-refractivity contribution in [3.05, 3.63) is 0 Å². The van der Waals surface area contributed by atoms with Crippen LogP contribution >= 0.6 is 0 Å². The Morgan fingerprint density at radius 1 is 1.41 bits per heavy atom. The molecule has 0 aromatic carbocycles. The number of hydrogen-bond acceptors (Lipinski definition) is 6. The van der Waals surface area contributed by atoms with Gasteiger partial charge in [-0.25, -0.2) is 16.8 Å².